The molecule has 1 aromatic heterocycles. The van der Waals surface area contributed by atoms with Crippen LogP contribution in [0.4, 0.5) is 0 Å². The van der Waals surface area contributed by atoms with Crippen molar-refractivity contribution in [2.75, 3.05) is 13.3 Å². The number of hydrogen-bond donors (Lipinski definition) is 0. The van der Waals surface area contributed by atoms with E-state index in [1.165, 1.54) is 11.2 Å². The van der Waals surface area contributed by atoms with Gasteiger partial charge in [0.15, 0.2) is 14.6 Å². The summed E-state index contributed by atoms with van der Waals surface area (Å²) < 4.78 is 23.0. The zero-order valence-corrected chi connectivity index (χ0v) is 12.7. The van der Waals surface area contributed by atoms with E-state index in [1.54, 1.807) is 25.5 Å². The fraction of sp³-hybridized carbons (Fsp3) is 0.571. The monoisotopic (exact) mass is 296 g/mol. The van der Waals surface area contributed by atoms with Crippen molar-refractivity contribution in [3.05, 3.63) is 30.1 Å². The summed E-state index contributed by atoms with van der Waals surface area (Å²) in [5.74, 6) is -0.290. The predicted molar refractivity (Wildman–Crippen MR) is 76.8 cm³/mol. The molecule has 1 aromatic rings. The third-order valence-electron chi connectivity index (χ3n) is 4.00. The number of pyridine rings is 1. The molecule has 5 nitrogen and oxygen atoms in total. The van der Waals surface area contributed by atoms with Gasteiger partial charge in [-0.2, -0.15) is 0 Å². The highest BCUT2D eigenvalue weighted by Crippen LogP contribution is 2.38. The number of aromatic nitrogens is 1. The molecular formula is C14H20N2O3S. The van der Waals surface area contributed by atoms with Crippen LogP contribution in [-0.2, 0) is 21.2 Å². The van der Waals surface area contributed by atoms with Crippen LogP contribution in [0.2, 0.25) is 0 Å². The second-order valence-electron chi connectivity index (χ2n) is 5.50. The Labute approximate surface area is 119 Å². The van der Waals surface area contributed by atoms with Gasteiger partial charge in [0.1, 0.15) is 0 Å². The summed E-state index contributed by atoms with van der Waals surface area (Å²) in [6, 6.07) is 3.67. The molecule has 1 amide bonds. The van der Waals surface area contributed by atoms with E-state index in [4.69, 9.17) is 0 Å². The van der Waals surface area contributed by atoms with E-state index in [0.29, 0.717) is 19.4 Å². The van der Waals surface area contributed by atoms with Gasteiger partial charge in [-0.3, -0.25) is 9.78 Å². The minimum absolute atomic E-state index is 0.290. The van der Waals surface area contributed by atoms with Crippen molar-refractivity contribution >= 4 is 15.7 Å². The molecule has 0 radical (unpaired) electrons. The molecule has 0 spiro atoms. The van der Waals surface area contributed by atoms with Gasteiger partial charge < -0.3 is 4.90 Å². The molecule has 1 aliphatic carbocycles. The van der Waals surface area contributed by atoms with Crippen LogP contribution >= 0.6 is 0 Å². The highest BCUT2D eigenvalue weighted by molar-refractivity contribution is 7.92. The topological polar surface area (TPSA) is 67.3 Å². The van der Waals surface area contributed by atoms with Crippen molar-refractivity contribution in [1.29, 1.82) is 0 Å². The lowest BCUT2D eigenvalue weighted by Gasteiger charge is -2.30. The Morgan fingerprint density at radius 3 is 2.55 bits per heavy atom. The highest BCUT2D eigenvalue weighted by atomic mass is 32.2. The summed E-state index contributed by atoms with van der Waals surface area (Å²) >= 11 is 0. The first-order valence-corrected chi connectivity index (χ1v) is 8.60. The molecule has 2 rings (SSSR count). The Hall–Kier alpha value is -1.43. The molecule has 0 aromatic carbocycles. The Kier molecular flexibility index (Phi) is 4.13. The van der Waals surface area contributed by atoms with Gasteiger partial charge in [0, 0.05) is 32.2 Å². The van der Waals surface area contributed by atoms with E-state index in [0.717, 1.165) is 18.4 Å². The molecule has 110 valence electrons. The summed E-state index contributed by atoms with van der Waals surface area (Å²) in [5, 5.41) is 0. The van der Waals surface area contributed by atoms with Gasteiger partial charge in [-0.25, -0.2) is 8.42 Å². The number of amides is 1. The van der Waals surface area contributed by atoms with E-state index < -0.39 is 14.6 Å². The first-order valence-electron chi connectivity index (χ1n) is 6.71. The van der Waals surface area contributed by atoms with Crippen LogP contribution in [0.3, 0.4) is 0 Å². The molecule has 1 saturated carbocycles. The number of rotatable bonds is 4. The zero-order chi connectivity index (χ0) is 14.8. The second-order valence-corrected chi connectivity index (χ2v) is 7.82. The fourth-order valence-corrected chi connectivity index (χ4v) is 4.38. The van der Waals surface area contributed by atoms with Crippen molar-refractivity contribution in [2.45, 2.75) is 37.0 Å². The largest absolute Gasteiger partial charge is 0.340 e. The molecule has 0 unspecified atom stereocenters. The van der Waals surface area contributed by atoms with Crippen molar-refractivity contribution in [2.24, 2.45) is 0 Å². The zero-order valence-electron chi connectivity index (χ0n) is 11.9. The third-order valence-corrected chi connectivity index (χ3v) is 6.00. The minimum atomic E-state index is -3.41. The van der Waals surface area contributed by atoms with Crippen molar-refractivity contribution < 1.29 is 13.2 Å². The first kappa shape index (κ1) is 15.0. The van der Waals surface area contributed by atoms with Crippen molar-refractivity contribution in [3.8, 4) is 0 Å². The Bertz CT molecular complexity index is 578. The van der Waals surface area contributed by atoms with Gasteiger partial charge in [0.2, 0.25) is 5.91 Å². The van der Waals surface area contributed by atoms with Crippen molar-refractivity contribution in [1.82, 2.24) is 9.88 Å². The molecular weight excluding hydrogens is 276 g/mol. The summed E-state index contributed by atoms with van der Waals surface area (Å²) in [5.41, 5.74) is 0.894. The SMILES string of the molecule is CN(Cc1cccnc1)C(=O)C1(S(C)(=O)=O)CCCC1. The van der Waals surface area contributed by atoms with Crippen LogP contribution in [0.1, 0.15) is 31.2 Å². The van der Waals surface area contributed by atoms with Crippen LogP contribution in [0, 0.1) is 0 Å². The van der Waals surface area contributed by atoms with Gasteiger partial charge >= 0.3 is 0 Å². The highest BCUT2D eigenvalue weighted by Gasteiger charge is 2.51. The molecule has 1 heterocycles. The third kappa shape index (κ3) is 2.70. The molecule has 0 N–H and O–H groups in total. The van der Waals surface area contributed by atoms with E-state index in [1.807, 2.05) is 6.07 Å². The molecule has 6 heteroatoms. The predicted octanol–water partition coefficient (Wildman–Crippen LogP) is 1.40. The molecule has 0 saturated heterocycles. The lowest BCUT2D eigenvalue weighted by atomic mass is 10.1. The molecule has 0 bridgehead atoms. The van der Waals surface area contributed by atoms with Crippen LogP contribution in [0.5, 0.6) is 0 Å². The Morgan fingerprint density at radius 1 is 1.40 bits per heavy atom. The van der Waals surface area contributed by atoms with Crippen molar-refractivity contribution in [3.63, 3.8) is 0 Å². The summed E-state index contributed by atoms with van der Waals surface area (Å²) in [4.78, 5) is 18.2. The normalized spacial score (nSPS) is 17.9. The number of carbonyl (C=O) groups is 1. The van der Waals surface area contributed by atoms with E-state index in [2.05, 4.69) is 4.98 Å². The summed E-state index contributed by atoms with van der Waals surface area (Å²) in [7, 11) is -1.75. The van der Waals surface area contributed by atoms with E-state index in [-0.39, 0.29) is 5.91 Å². The van der Waals surface area contributed by atoms with Crippen LogP contribution in [-0.4, -0.2) is 42.3 Å². The minimum Gasteiger partial charge on any atom is -0.340 e. The van der Waals surface area contributed by atoms with Crippen LogP contribution in [0.25, 0.3) is 0 Å². The van der Waals surface area contributed by atoms with Gasteiger partial charge in [-0.15, -0.1) is 0 Å². The van der Waals surface area contributed by atoms with Gasteiger partial charge in [0.25, 0.3) is 0 Å². The molecule has 1 fully saturated rings. The maximum atomic E-state index is 12.6. The fourth-order valence-electron chi connectivity index (χ4n) is 2.87. The molecule has 0 atom stereocenters. The van der Waals surface area contributed by atoms with Crippen LogP contribution in [0.15, 0.2) is 24.5 Å². The molecule has 20 heavy (non-hydrogen) atoms. The second kappa shape index (κ2) is 5.52. The van der Waals surface area contributed by atoms with E-state index >= 15 is 0 Å². The molecule has 1 aliphatic rings. The number of carbonyl (C=O) groups excluding carboxylic acids is 1. The Morgan fingerprint density at radius 2 is 2.05 bits per heavy atom. The lowest BCUT2D eigenvalue weighted by Crippen LogP contribution is -2.50. The number of sulfone groups is 1. The number of hydrogen-bond acceptors (Lipinski definition) is 4. The Balaban J connectivity index is 2.21. The maximum Gasteiger partial charge on any atom is 0.244 e. The average molecular weight is 296 g/mol. The van der Waals surface area contributed by atoms with Gasteiger partial charge in [-0.05, 0) is 24.5 Å². The summed E-state index contributed by atoms with van der Waals surface area (Å²) in [6.07, 6.45) is 6.98. The van der Waals surface area contributed by atoms with Gasteiger partial charge in [0.05, 0.1) is 0 Å². The smallest absolute Gasteiger partial charge is 0.244 e. The van der Waals surface area contributed by atoms with Crippen LogP contribution < -0.4 is 0 Å². The van der Waals surface area contributed by atoms with E-state index in [9.17, 15) is 13.2 Å². The number of nitrogens with zero attached hydrogens (tertiary/aromatic N) is 2. The lowest BCUT2D eigenvalue weighted by molar-refractivity contribution is -0.133. The molecule has 0 aliphatic heterocycles. The first-order chi connectivity index (χ1) is 9.37. The standard InChI is InChI=1S/C14H20N2O3S/c1-16(11-12-6-5-9-15-10-12)13(17)14(20(2,18)19)7-3-4-8-14/h5-6,9-10H,3-4,7-8,11H2,1-2H3. The van der Waals surface area contributed by atoms with Gasteiger partial charge in [-0.1, -0.05) is 18.9 Å². The maximum absolute atomic E-state index is 12.6. The average Bonchev–Trinajstić information content (AvgIpc) is 2.89. The summed E-state index contributed by atoms with van der Waals surface area (Å²) in [6.45, 7) is 0.379. The quantitative estimate of drug-likeness (QED) is 0.842.